The van der Waals surface area contributed by atoms with Crippen LogP contribution in [0.15, 0.2) is 78.2 Å². The molecule has 4 aromatic rings. The average Bonchev–Trinajstić information content (AvgIpc) is 3.43. The normalized spacial score (nSPS) is 12.8. The lowest BCUT2D eigenvalue weighted by Crippen LogP contribution is -2.40. The highest BCUT2D eigenvalue weighted by molar-refractivity contribution is 7.87. The SMILES string of the molecule is COC(=O)C(Cc1ccccc1)C(=O)NC(Cc1cccc(NS(=O)(=O)O)c1)c1nc(-c2ccc(C)c(C)c2)cs1. The predicted molar refractivity (Wildman–Crippen MR) is 159 cm³/mol. The number of carbonyl (C=O) groups excluding carboxylic acids is 2. The molecular formula is C30H31N3O6S2. The van der Waals surface area contributed by atoms with Gasteiger partial charge in [-0.25, -0.2) is 4.98 Å². The molecule has 41 heavy (non-hydrogen) atoms. The molecule has 2 atom stereocenters. The van der Waals surface area contributed by atoms with E-state index in [2.05, 4.69) is 11.4 Å². The number of amides is 1. The predicted octanol–water partition coefficient (Wildman–Crippen LogP) is 5.07. The maximum absolute atomic E-state index is 13.6. The Kier molecular flexibility index (Phi) is 9.53. The lowest BCUT2D eigenvalue weighted by molar-refractivity contribution is -0.150. The van der Waals surface area contributed by atoms with Crippen LogP contribution < -0.4 is 10.0 Å². The van der Waals surface area contributed by atoms with Crippen molar-refractivity contribution in [1.82, 2.24) is 10.3 Å². The third kappa shape index (κ3) is 8.23. The fourth-order valence-electron chi connectivity index (χ4n) is 4.37. The van der Waals surface area contributed by atoms with Crippen LogP contribution in [0.3, 0.4) is 0 Å². The van der Waals surface area contributed by atoms with E-state index in [0.717, 1.165) is 22.4 Å². The van der Waals surface area contributed by atoms with Crippen LogP contribution in [0.1, 0.15) is 33.3 Å². The number of aromatic nitrogens is 1. The summed E-state index contributed by atoms with van der Waals surface area (Å²) in [5, 5.41) is 5.52. The van der Waals surface area contributed by atoms with Crippen molar-refractivity contribution in [3.63, 3.8) is 0 Å². The standard InChI is InChI=1S/C30H31N3O6S2/c1-19-12-13-23(14-20(19)2)27-18-40-29(32-27)26(17-22-10-7-11-24(15-22)33-41(36,37)38)31-28(34)25(30(35)39-3)16-21-8-5-4-6-9-21/h4-15,18,25-26,33H,16-17H2,1-3H3,(H,31,34)(H,36,37,38). The van der Waals surface area contributed by atoms with Crippen molar-refractivity contribution in [1.29, 1.82) is 0 Å². The fourth-order valence-corrected chi connectivity index (χ4v) is 5.68. The van der Waals surface area contributed by atoms with E-state index in [9.17, 15) is 22.6 Å². The summed E-state index contributed by atoms with van der Waals surface area (Å²) in [5.41, 5.74) is 5.64. The number of nitrogens with zero attached hydrogens (tertiary/aromatic N) is 1. The Morgan fingerprint density at radius 3 is 2.37 bits per heavy atom. The summed E-state index contributed by atoms with van der Waals surface area (Å²) < 4.78 is 38.9. The van der Waals surface area contributed by atoms with Crippen LogP contribution in [-0.2, 0) is 37.5 Å². The van der Waals surface area contributed by atoms with Gasteiger partial charge in [0.1, 0.15) is 10.9 Å². The first-order valence-corrected chi connectivity index (χ1v) is 15.1. The number of methoxy groups -OCH3 is 1. The number of carbonyl (C=O) groups is 2. The van der Waals surface area contributed by atoms with Gasteiger partial charge in [-0.15, -0.1) is 11.3 Å². The molecule has 0 aliphatic carbocycles. The summed E-state index contributed by atoms with van der Waals surface area (Å²) >= 11 is 1.37. The maximum Gasteiger partial charge on any atom is 0.357 e. The number of esters is 1. The number of aryl methyl sites for hydroxylation is 2. The molecule has 0 saturated heterocycles. The van der Waals surface area contributed by atoms with Gasteiger partial charge in [-0.2, -0.15) is 8.42 Å². The third-order valence-corrected chi connectivity index (χ3v) is 8.09. The quantitative estimate of drug-likeness (QED) is 0.126. The highest BCUT2D eigenvalue weighted by atomic mass is 32.2. The largest absolute Gasteiger partial charge is 0.468 e. The van der Waals surface area contributed by atoms with Crippen LogP contribution in [0.5, 0.6) is 0 Å². The van der Waals surface area contributed by atoms with Gasteiger partial charge in [-0.05, 0) is 67.1 Å². The molecule has 9 nitrogen and oxygen atoms in total. The van der Waals surface area contributed by atoms with E-state index < -0.39 is 34.1 Å². The minimum Gasteiger partial charge on any atom is -0.468 e. The smallest absolute Gasteiger partial charge is 0.357 e. The van der Waals surface area contributed by atoms with Crippen molar-refractivity contribution in [2.45, 2.75) is 32.7 Å². The molecule has 11 heteroatoms. The Labute approximate surface area is 243 Å². The summed E-state index contributed by atoms with van der Waals surface area (Å²) in [6.45, 7) is 4.07. The van der Waals surface area contributed by atoms with Crippen LogP contribution in [0.4, 0.5) is 5.69 Å². The van der Waals surface area contributed by atoms with Gasteiger partial charge in [0.2, 0.25) is 5.91 Å². The van der Waals surface area contributed by atoms with E-state index >= 15 is 0 Å². The summed E-state index contributed by atoms with van der Waals surface area (Å²) in [5.74, 6) is -2.25. The highest BCUT2D eigenvalue weighted by Gasteiger charge is 2.31. The molecule has 0 radical (unpaired) electrons. The minimum absolute atomic E-state index is 0.158. The molecule has 1 amide bonds. The second-order valence-electron chi connectivity index (χ2n) is 9.68. The van der Waals surface area contributed by atoms with Crippen LogP contribution in [0, 0.1) is 19.8 Å². The molecule has 0 aliphatic rings. The monoisotopic (exact) mass is 593 g/mol. The zero-order chi connectivity index (χ0) is 29.6. The Bertz CT molecular complexity index is 1640. The number of nitrogens with one attached hydrogen (secondary N) is 2. The highest BCUT2D eigenvalue weighted by Crippen LogP contribution is 2.30. The maximum atomic E-state index is 13.6. The Morgan fingerprint density at radius 2 is 1.68 bits per heavy atom. The first-order chi connectivity index (χ1) is 19.5. The molecule has 0 spiro atoms. The molecule has 0 bridgehead atoms. The number of thiazole rings is 1. The van der Waals surface area contributed by atoms with E-state index in [0.29, 0.717) is 10.6 Å². The van der Waals surface area contributed by atoms with Crippen molar-refractivity contribution in [2.75, 3.05) is 11.8 Å². The van der Waals surface area contributed by atoms with Gasteiger partial charge in [0.15, 0.2) is 0 Å². The van der Waals surface area contributed by atoms with E-state index in [4.69, 9.17) is 9.72 Å². The Morgan fingerprint density at radius 1 is 0.951 bits per heavy atom. The van der Waals surface area contributed by atoms with Crippen LogP contribution in [0.25, 0.3) is 11.3 Å². The van der Waals surface area contributed by atoms with Crippen LogP contribution >= 0.6 is 11.3 Å². The van der Waals surface area contributed by atoms with E-state index in [1.807, 2.05) is 66.4 Å². The summed E-state index contributed by atoms with van der Waals surface area (Å²) in [6.07, 6.45) is 0.400. The van der Waals surface area contributed by atoms with Gasteiger partial charge < -0.3 is 10.1 Å². The van der Waals surface area contributed by atoms with E-state index in [1.165, 1.54) is 30.1 Å². The number of hydrogen-bond donors (Lipinski definition) is 3. The number of benzene rings is 3. The lowest BCUT2D eigenvalue weighted by atomic mass is 9.97. The zero-order valence-electron chi connectivity index (χ0n) is 22.8. The second-order valence-corrected chi connectivity index (χ2v) is 11.7. The van der Waals surface area contributed by atoms with Gasteiger partial charge in [0, 0.05) is 10.9 Å². The minimum atomic E-state index is -4.46. The number of anilines is 1. The molecule has 1 aromatic heterocycles. The lowest BCUT2D eigenvalue weighted by Gasteiger charge is -2.21. The molecular weight excluding hydrogens is 562 g/mol. The van der Waals surface area contributed by atoms with Gasteiger partial charge in [0.25, 0.3) is 0 Å². The van der Waals surface area contributed by atoms with Crippen molar-refractivity contribution >= 4 is 39.2 Å². The molecule has 0 fully saturated rings. The van der Waals surface area contributed by atoms with Gasteiger partial charge in [-0.3, -0.25) is 18.9 Å². The molecule has 0 aliphatic heterocycles. The molecule has 1 heterocycles. The number of rotatable bonds is 11. The average molecular weight is 594 g/mol. The molecule has 2 unspecified atom stereocenters. The van der Waals surface area contributed by atoms with Crippen LogP contribution in [0.2, 0.25) is 0 Å². The first kappa shape index (κ1) is 29.9. The third-order valence-electron chi connectivity index (χ3n) is 6.64. The number of hydrogen-bond acceptors (Lipinski definition) is 7. The number of ether oxygens (including phenoxy) is 1. The van der Waals surface area contributed by atoms with Crippen molar-refractivity contribution < 1.29 is 27.3 Å². The fraction of sp³-hybridized carbons (Fsp3) is 0.233. The van der Waals surface area contributed by atoms with Crippen LogP contribution in [-0.4, -0.2) is 36.9 Å². The Balaban J connectivity index is 1.66. The molecule has 3 aromatic carbocycles. The molecule has 0 saturated carbocycles. The summed E-state index contributed by atoms with van der Waals surface area (Å²) in [7, 11) is -3.22. The van der Waals surface area contributed by atoms with E-state index in [1.54, 1.807) is 18.2 Å². The topological polar surface area (TPSA) is 135 Å². The van der Waals surface area contributed by atoms with Gasteiger partial charge in [0.05, 0.1) is 24.5 Å². The van der Waals surface area contributed by atoms with Gasteiger partial charge in [-0.1, -0.05) is 54.6 Å². The van der Waals surface area contributed by atoms with Crippen molar-refractivity contribution in [2.24, 2.45) is 5.92 Å². The van der Waals surface area contributed by atoms with Gasteiger partial charge >= 0.3 is 16.3 Å². The van der Waals surface area contributed by atoms with Crippen molar-refractivity contribution in [3.8, 4) is 11.3 Å². The molecule has 214 valence electrons. The first-order valence-electron chi connectivity index (χ1n) is 12.8. The van der Waals surface area contributed by atoms with E-state index in [-0.39, 0.29) is 18.5 Å². The summed E-state index contributed by atoms with van der Waals surface area (Å²) in [4.78, 5) is 31.1. The Hall–Kier alpha value is -4.06. The van der Waals surface area contributed by atoms with Crippen molar-refractivity contribution in [3.05, 3.63) is 105 Å². The molecule has 3 N–H and O–H groups in total. The second kappa shape index (κ2) is 13.1. The summed E-state index contributed by atoms with van der Waals surface area (Å²) in [6, 6.07) is 21.1. The zero-order valence-corrected chi connectivity index (χ0v) is 24.5. The molecule has 4 rings (SSSR count).